The van der Waals surface area contributed by atoms with E-state index in [4.69, 9.17) is 0 Å². The first-order chi connectivity index (χ1) is 17.5. The molecule has 0 saturated heterocycles. The molecule has 192 valence electrons. The van der Waals surface area contributed by atoms with Crippen LogP contribution in [-0.4, -0.2) is 25.6 Å². The van der Waals surface area contributed by atoms with Crippen molar-refractivity contribution < 1.29 is 18.3 Å². The van der Waals surface area contributed by atoms with Gasteiger partial charge in [0, 0.05) is 41.0 Å². The summed E-state index contributed by atoms with van der Waals surface area (Å²) in [6, 6.07) is 15.3. The summed E-state index contributed by atoms with van der Waals surface area (Å²) in [6.07, 6.45) is -4.83. The maximum absolute atomic E-state index is 13.4. The summed E-state index contributed by atoms with van der Waals surface area (Å²) in [5.41, 5.74) is 2.43. The number of halogens is 3. The standard InChI is InChI=1S/C28H26F3N3O2S/c1-16(2)11-22-21-14-34(13-18-9-6-8-17-7-4-5-10-20(17)18)25(24(21)27(36)33(3)32-22)19-12-23(37-15-19)26(35)28(29,30)31/h4-10,12,14-16,26,35H,11,13H2,1-3H3. The number of thiophene rings is 1. The highest BCUT2D eigenvalue weighted by molar-refractivity contribution is 7.10. The number of aromatic nitrogens is 3. The Labute approximate surface area is 215 Å². The summed E-state index contributed by atoms with van der Waals surface area (Å²) in [7, 11) is 1.59. The molecule has 5 nitrogen and oxygen atoms in total. The number of hydrogen-bond acceptors (Lipinski definition) is 4. The summed E-state index contributed by atoms with van der Waals surface area (Å²) in [5.74, 6) is 0.285. The van der Waals surface area contributed by atoms with Gasteiger partial charge in [0.05, 0.1) is 16.8 Å². The predicted octanol–water partition coefficient (Wildman–Crippen LogP) is 6.46. The third kappa shape index (κ3) is 4.69. The fraction of sp³-hybridized carbons (Fsp3) is 0.286. The van der Waals surface area contributed by atoms with Gasteiger partial charge >= 0.3 is 6.18 Å². The number of aliphatic hydroxyl groups excluding tert-OH is 1. The third-order valence-corrected chi connectivity index (χ3v) is 7.45. The van der Waals surface area contributed by atoms with Gasteiger partial charge in [0.15, 0.2) is 6.10 Å². The van der Waals surface area contributed by atoms with Crippen LogP contribution in [0.3, 0.4) is 0 Å². The van der Waals surface area contributed by atoms with Gasteiger partial charge in [-0.05, 0) is 34.7 Å². The number of fused-ring (bicyclic) bond motifs is 2. The Morgan fingerprint density at radius 2 is 1.81 bits per heavy atom. The van der Waals surface area contributed by atoms with E-state index in [-0.39, 0.29) is 16.4 Å². The second kappa shape index (κ2) is 9.46. The molecule has 0 saturated carbocycles. The molecule has 5 rings (SSSR count). The van der Waals surface area contributed by atoms with Gasteiger partial charge in [-0.2, -0.15) is 18.3 Å². The lowest BCUT2D eigenvalue weighted by Crippen LogP contribution is -2.22. The van der Waals surface area contributed by atoms with E-state index in [1.807, 2.05) is 53.2 Å². The van der Waals surface area contributed by atoms with Crippen LogP contribution in [0, 0.1) is 5.92 Å². The first kappa shape index (κ1) is 25.2. The number of aliphatic hydroxyl groups is 1. The Balaban J connectivity index is 1.76. The van der Waals surface area contributed by atoms with E-state index in [0.717, 1.165) is 33.4 Å². The van der Waals surface area contributed by atoms with E-state index >= 15 is 0 Å². The number of aryl methyl sites for hydroxylation is 1. The molecule has 0 fully saturated rings. The number of rotatable bonds is 6. The van der Waals surface area contributed by atoms with E-state index < -0.39 is 12.3 Å². The van der Waals surface area contributed by atoms with E-state index in [1.54, 1.807) is 12.4 Å². The van der Waals surface area contributed by atoms with Crippen molar-refractivity contribution in [3.05, 3.63) is 86.6 Å². The molecule has 0 radical (unpaired) electrons. The highest BCUT2D eigenvalue weighted by atomic mass is 32.1. The van der Waals surface area contributed by atoms with Gasteiger partial charge in [-0.3, -0.25) is 4.79 Å². The predicted molar refractivity (Wildman–Crippen MR) is 141 cm³/mol. The van der Waals surface area contributed by atoms with Crippen molar-refractivity contribution >= 4 is 32.9 Å². The van der Waals surface area contributed by atoms with Crippen LogP contribution in [0.25, 0.3) is 32.8 Å². The molecule has 37 heavy (non-hydrogen) atoms. The summed E-state index contributed by atoms with van der Waals surface area (Å²) < 4.78 is 42.9. The third-order valence-electron chi connectivity index (χ3n) is 6.46. The van der Waals surface area contributed by atoms with Gasteiger partial charge in [-0.25, -0.2) is 4.68 Å². The van der Waals surface area contributed by atoms with E-state index in [0.29, 0.717) is 35.0 Å². The smallest absolute Gasteiger partial charge is 0.379 e. The molecule has 3 heterocycles. The zero-order chi connectivity index (χ0) is 26.5. The summed E-state index contributed by atoms with van der Waals surface area (Å²) in [4.78, 5) is 13.2. The van der Waals surface area contributed by atoms with Crippen molar-refractivity contribution in [3.8, 4) is 11.3 Å². The second-order valence-electron chi connectivity index (χ2n) is 9.69. The van der Waals surface area contributed by atoms with Crippen LogP contribution in [0.1, 0.15) is 36.1 Å². The molecule has 0 amide bonds. The Kier molecular flexibility index (Phi) is 6.45. The van der Waals surface area contributed by atoms with Crippen LogP contribution >= 0.6 is 11.3 Å². The van der Waals surface area contributed by atoms with Gasteiger partial charge in [0.1, 0.15) is 0 Å². The topological polar surface area (TPSA) is 60.1 Å². The molecule has 3 aromatic heterocycles. The highest BCUT2D eigenvalue weighted by Gasteiger charge is 2.40. The molecule has 1 atom stereocenters. The Morgan fingerprint density at radius 3 is 2.54 bits per heavy atom. The molecule has 0 aliphatic heterocycles. The molecule has 0 aliphatic rings. The minimum Gasteiger partial charge on any atom is -0.379 e. The first-order valence-electron chi connectivity index (χ1n) is 11.9. The Bertz CT molecular complexity index is 1660. The lowest BCUT2D eigenvalue weighted by atomic mass is 10.0. The first-order valence-corrected chi connectivity index (χ1v) is 12.8. The molecule has 0 aliphatic carbocycles. The number of alkyl halides is 3. The summed E-state index contributed by atoms with van der Waals surface area (Å²) >= 11 is 0.826. The highest BCUT2D eigenvalue weighted by Crippen LogP contribution is 2.40. The monoisotopic (exact) mass is 525 g/mol. The molecule has 5 aromatic rings. The average molecular weight is 526 g/mol. The van der Waals surface area contributed by atoms with Gasteiger partial charge in [0.2, 0.25) is 0 Å². The number of hydrogen-bond donors (Lipinski definition) is 1. The fourth-order valence-electron chi connectivity index (χ4n) is 4.80. The number of benzene rings is 2. The summed E-state index contributed by atoms with van der Waals surface area (Å²) in [5, 5.41) is 19.2. The molecular weight excluding hydrogens is 499 g/mol. The zero-order valence-corrected chi connectivity index (χ0v) is 21.4. The SMILES string of the molecule is CC(C)Cc1nn(C)c(=O)c2c(-c3csc(C(O)C(F)(F)F)c3)n(Cc3cccc4ccccc34)cc12. The van der Waals surface area contributed by atoms with Crippen molar-refractivity contribution in [3.63, 3.8) is 0 Å². The molecular formula is C28H26F3N3O2S. The molecule has 1 unspecified atom stereocenters. The van der Waals surface area contributed by atoms with Gasteiger partial charge in [-0.1, -0.05) is 56.3 Å². The van der Waals surface area contributed by atoms with Crippen LogP contribution in [-0.2, 0) is 20.0 Å². The molecule has 2 aromatic carbocycles. The van der Waals surface area contributed by atoms with Gasteiger partial charge < -0.3 is 9.67 Å². The van der Waals surface area contributed by atoms with Crippen molar-refractivity contribution in [1.29, 1.82) is 0 Å². The maximum atomic E-state index is 13.4. The van der Waals surface area contributed by atoms with E-state index in [1.165, 1.54) is 10.7 Å². The van der Waals surface area contributed by atoms with Crippen LogP contribution in [0.2, 0.25) is 0 Å². The van der Waals surface area contributed by atoms with Crippen LogP contribution < -0.4 is 5.56 Å². The molecule has 1 N–H and O–H groups in total. The van der Waals surface area contributed by atoms with Crippen LogP contribution in [0.4, 0.5) is 13.2 Å². The largest absolute Gasteiger partial charge is 0.419 e. The Morgan fingerprint density at radius 1 is 1.08 bits per heavy atom. The van der Waals surface area contributed by atoms with Gasteiger partial charge in [-0.15, -0.1) is 11.3 Å². The maximum Gasteiger partial charge on any atom is 0.419 e. The Hall–Kier alpha value is -3.43. The molecule has 0 spiro atoms. The van der Waals surface area contributed by atoms with Crippen LogP contribution in [0.5, 0.6) is 0 Å². The molecule has 9 heteroatoms. The van der Waals surface area contributed by atoms with Crippen LogP contribution in [0.15, 0.2) is 64.9 Å². The van der Waals surface area contributed by atoms with E-state index in [2.05, 4.69) is 18.9 Å². The number of nitrogens with zero attached hydrogens (tertiary/aromatic N) is 3. The van der Waals surface area contributed by atoms with Crippen molar-refractivity contribution in [2.45, 2.75) is 39.1 Å². The van der Waals surface area contributed by atoms with Gasteiger partial charge in [0.25, 0.3) is 5.56 Å². The lowest BCUT2D eigenvalue weighted by Gasteiger charge is -2.13. The lowest BCUT2D eigenvalue weighted by molar-refractivity contribution is -0.205. The normalized spacial score (nSPS) is 13.2. The van der Waals surface area contributed by atoms with E-state index in [9.17, 15) is 23.1 Å². The quantitative estimate of drug-likeness (QED) is 0.277. The van der Waals surface area contributed by atoms with Crippen molar-refractivity contribution in [1.82, 2.24) is 14.3 Å². The van der Waals surface area contributed by atoms with Crippen molar-refractivity contribution in [2.75, 3.05) is 0 Å². The summed E-state index contributed by atoms with van der Waals surface area (Å²) in [6.45, 7) is 4.54. The average Bonchev–Trinajstić information content (AvgIpc) is 3.46. The second-order valence-corrected chi connectivity index (χ2v) is 10.6. The fourth-order valence-corrected chi connectivity index (χ4v) is 5.70. The van der Waals surface area contributed by atoms with Crippen molar-refractivity contribution in [2.24, 2.45) is 13.0 Å². The minimum absolute atomic E-state index is 0.221. The molecule has 0 bridgehead atoms. The minimum atomic E-state index is -4.78. The zero-order valence-electron chi connectivity index (χ0n) is 20.6.